The molecule has 2 N–H and O–H groups in total. The Kier molecular flexibility index (Phi) is 2.99. The number of hydrogen-bond acceptors (Lipinski definition) is 2. The highest BCUT2D eigenvalue weighted by Crippen LogP contribution is 2.22. The zero-order chi connectivity index (χ0) is 13.4. The molecule has 0 aromatic heterocycles. The Labute approximate surface area is 115 Å². The van der Waals surface area contributed by atoms with Gasteiger partial charge >= 0.3 is 0 Å². The Hall–Kier alpha value is -1.87. The van der Waals surface area contributed by atoms with Crippen molar-refractivity contribution < 1.29 is 4.39 Å². The maximum absolute atomic E-state index is 13.7. The summed E-state index contributed by atoms with van der Waals surface area (Å²) in [5.41, 5.74) is 9.53. The van der Waals surface area contributed by atoms with Gasteiger partial charge in [0.1, 0.15) is 11.7 Å². The molecule has 0 amide bonds. The van der Waals surface area contributed by atoms with E-state index >= 15 is 0 Å². The van der Waals surface area contributed by atoms with Crippen LogP contribution in [0.3, 0.4) is 0 Å². The first-order valence-electron chi connectivity index (χ1n) is 5.99. The van der Waals surface area contributed by atoms with Crippen LogP contribution >= 0.6 is 11.6 Å². The summed E-state index contributed by atoms with van der Waals surface area (Å²) in [4.78, 5) is 4.18. The van der Waals surface area contributed by atoms with Gasteiger partial charge in [-0.15, -0.1) is 0 Å². The minimum atomic E-state index is -0.274. The molecule has 2 aromatic carbocycles. The lowest BCUT2D eigenvalue weighted by atomic mass is 9.99. The molecule has 0 saturated heterocycles. The van der Waals surface area contributed by atoms with Gasteiger partial charge in [-0.3, -0.25) is 4.99 Å². The predicted octanol–water partition coefficient (Wildman–Crippen LogP) is 3.29. The first-order chi connectivity index (χ1) is 9.13. The quantitative estimate of drug-likeness (QED) is 0.897. The van der Waals surface area contributed by atoms with E-state index in [1.54, 1.807) is 12.1 Å². The van der Waals surface area contributed by atoms with E-state index in [1.807, 2.05) is 18.2 Å². The molecule has 19 heavy (non-hydrogen) atoms. The molecule has 0 fully saturated rings. The van der Waals surface area contributed by atoms with Gasteiger partial charge in [-0.25, -0.2) is 4.39 Å². The van der Waals surface area contributed by atoms with Crippen molar-refractivity contribution in [3.63, 3.8) is 0 Å². The summed E-state index contributed by atoms with van der Waals surface area (Å²) in [5.74, 6) is 0.308. The molecular weight excluding hydrogens is 263 g/mol. The Morgan fingerprint density at radius 3 is 2.84 bits per heavy atom. The second-order valence-electron chi connectivity index (χ2n) is 4.61. The maximum atomic E-state index is 13.7. The molecule has 3 rings (SSSR count). The highest BCUT2D eigenvalue weighted by molar-refractivity contribution is 6.30. The van der Waals surface area contributed by atoms with Gasteiger partial charge in [0.05, 0.1) is 6.54 Å². The molecule has 0 radical (unpaired) electrons. The van der Waals surface area contributed by atoms with Crippen molar-refractivity contribution in [1.82, 2.24) is 0 Å². The monoisotopic (exact) mass is 274 g/mol. The summed E-state index contributed by atoms with van der Waals surface area (Å²) >= 11 is 5.74. The predicted molar refractivity (Wildman–Crippen MR) is 75.1 cm³/mol. The van der Waals surface area contributed by atoms with E-state index in [0.29, 0.717) is 29.4 Å². The van der Waals surface area contributed by atoms with E-state index in [2.05, 4.69) is 4.99 Å². The molecular formula is C15H12ClFN2. The molecule has 1 aliphatic heterocycles. The van der Waals surface area contributed by atoms with Crippen LogP contribution in [0.15, 0.2) is 41.4 Å². The summed E-state index contributed by atoms with van der Waals surface area (Å²) in [5, 5.41) is 0.413. The Balaban J connectivity index is 1.89. The number of aliphatic imine (C=N–C) groups is 1. The van der Waals surface area contributed by atoms with Crippen LogP contribution in [-0.2, 0) is 13.0 Å². The smallest absolute Gasteiger partial charge is 0.128 e. The number of hydrogen-bond donors (Lipinski definition) is 1. The second kappa shape index (κ2) is 4.67. The van der Waals surface area contributed by atoms with E-state index in [1.165, 1.54) is 6.07 Å². The number of rotatable bonds is 2. The van der Waals surface area contributed by atoms with Gasteiger partial charge in [-0.2, -0.15) is 0 Å². The standard InChI is InChI=1S/C15H12ClFN2/c16-12-3-2-10(14(17)7-12)5-9-1-4-13-11(6-9)8-19-15(13)18/h1-4,6-7H,5,8H2,(H2,18,19). The first kappa shape index (κ1) is 12.2. The largest absolute Gasteiger partial charge is 0.383 e. The van der Waals surface area contributed by atoms with Gasteiger partial charge < -0.3 is 5.73 Å². The average Bonchev–Trinajstić information content (AvgIpc) is 2.74. The van der Waals surface area contributed by atoms with Crippen molar-refractivity contribution >= 4 is 17.4 Å². The fraction of sp³-hybridized carbons (Fsp3) is 0.133. The normalized spacial score (nSPS) is 13.3. The molecule has 0 spiro atoms. The van der Waals surface area contributed by atoms with Crippen molar-refractivity contribution in [3.8, 4) is 0 Å². The third kappa shape index (κ3) is 2.34. The third-order valence-electron chi connectivity index (χ3n) is 3.28. The van der Waals surface area contributed by atoms with E-state index in [9.17, 15) is 4.39 Å². The topological polar surface area (TPSA) is 38.4 Å². The summed E-state index contributed by atoms with van der Waals surface area (Å²) in [6, 6.07) is 10.7. The van der Waals surface area contributed by atoms with Crippen LogP contribution < -0.4 is 5.73 Å². The molecule has 4 heteroatoms. The molecule has 2 nitrogen and oxygen atoms in total. The first-order valence-corrected chi connectivity index (χ1v) is 6.37. The summed E-state index contributed by atoms with van der Waals surface area (Å²) in [6.45, 7) is 0.609. The second-order valence-corrected chi connectivity index (χ2v) is 5.04. The Morgan fingerprint density at radius 1 is 1.21 bits per heavy atom. The van der Waals surface area contributed by atoms with Gasteiger partial charge in [0.25, 0.3) is 0 Å². The lowest BCUT2D eigenvalue weighted by Crippen LogP contribution is -2.10. The van der Waals surface area contributed by atoms with Crippen LogP contribution in [0.4, 0.5) is 4.39 Å². The Morgan fingerprint density at radius 2 is 2.05 bits per heavy atom. The molecule has 0 aliphatic carbocycles. The van der Waals surface area contributed by atoms with Crippen molar-refractivity contribution in [1.29, 1.82) is 0 Å². The van der Waals surface area contributed by atoms with Crippen LogP contribution in [0.2, 0.25) is 5.02 Å². The van der Waals surface area contributed by atoms with Crippen LogP contribution in [0.1, 0.15) is 22.3 Å². The summed E-state index contributed by atoms with van der Waals surface area (Å²) < 4.78 is 13.7. The Bertz CT molecular complexity index is 680. The number of nitrogens with zero attached hydrogens (tertiary/aromatic N) is 1. The van der Waals surface area contributed by atoms with Crippen LogP contribution in [0.25, 0.3) is 0 Å². The zero-order valence-corrected chi connectivity index (χ0v) is 10.9. The van der Waals surface area contributed by atoms with Crippen molar-refractivity contribution in [2.75, 3.05) is 0 Å². The van der Waals surface area contributed by atoms with Crippen molar-refractivity contribution in [3.05, 3.63) is 69.5 Å². The van der Waals surface area contributed by atoms with Crippen molar-refractivity contribution in [2.24, 2.45) is 10.7 Å². The SMILES string of the molecule is NC1=NCc2cc(Cc3ccc(Cl)cc3F)ccc21. The molecule has 1 heterocycles. The molecule has 96 valence electrons. The molecule has 0 saturated carbocycles. The van der Waals surface area contributed by atoms with E-state index < -0.39 is 0 Å². The number of fused-ring (bicyclic) bond motifs is 1. The third-order valence-corrected chi connectivity index (χ3v) is 3.51. The van der Waals surface area contributed by atoms with E-state index in [4.69, 9.17) is 17.3 Å². The number of nitrogens with two attached hydrogens (primary N) is 1. The van der Waals surface area contributed by atoms with Crippen molar-refractivity contribution in [2.45, 2.75) is 13.0 Å². The molecule has 1 aliphatic rings. The maximum Gasteiger partial charge on any atom is 0.128 e. The van der Waals surface area contributed by atoms with Crippen LogP contribution in [-0.4, -0.2) is 5.84 Å². The lowest BCUT2D eigenvalue weighted by molar-refractivity contribution is 0.614. The van der Waals surface area contributed by atoms with E-state index in [-0.39, 0.29) is 5.82 Å². The lowest BCUT2D eigenvalue weighted by Gasteiger charge is -2.06. The van der Waals surface area contributed by atoms with Gasteiger partial charge in [-0.1, -0.05) is 35.9 Å². The van der Waals surface area contributed by atoms with Gasteiger partial charge in [-0.05, 0) is 28.8 Å². The average molecular weight is 275 g/mol. The molecule has 2 aromatic rings. The van der Waals surface area contributed by atoms with Gasteiger partial charge in [0.2, 0.25) is 0 Å². The van der Waals surface area contributed by atoms with Crippen LogP contribution in [0.5, 0.6) is 0 Å². The highest BCUT2D eigenvalue weighted by Gasteiger charge is 2.13. The fourth-order valence-corrected chi connectivity index (χ4v) is 2.44. The van der Waals surface area contributed by atoms with E-state index in [0.717, 1.165) is 16.7 Å². The minimum Gasteiger partial charge on any atom is -0.383 e. The number of halogens is 2. The number of amidine groups is 1. The highest BCUT2D eigenvalue weighted by atomic mass is 35.5. The zero-order valence-electron chi connectivity index (χ0n) is 10.2. The van der Waals surface area contributed by atoms with Crippen LogP contribution in [0, 0.1) is 5.82 Å². The summed E-state index contributed by atoms with van der Waals surface area (Å²) in [7, 11) is 0. The fourth-order valence-electron chi connectivity index (χ4n) is 2.28. The number of benzene rings is 2. The summed E-state index contributed by atoms with van der Waals surface area (Å²) in [6.07, 6.45) is 0.538. The van der Waals surface area contributed by atoms with Gasteiger partial charge in [0.15, 0.2) is 0 Å². The minimum absolute atomic E-state index is 0.274. The van der Waals surface area contributed by atoms with Gasteiger partial charge in [0, 0.05) is 17.0 Å². The molecule has 0 atom stereocenters. The molecule has 0 bridgehead atoms. The molecule has 0 unspecified atom stereocenters.